The van der Waals surface area contributed by atoms with E-state index < -0.39 is 0 Å². The summed E-state index contributed by atoms with van der Waals surface area (Å²) in [6.07, 6.45) is 2.05. The molecule has 0 aliphatic carbocycles. The first-order valence-electron chi connectivity index (χ1n) is 8.97. The number of nitrogens with zero attached hydrogens (tertiary/aromatic N) is 2. The molecule has 0 unspecified atom stereocenters. The summed E-state index contributed by atoms with van der Waals surface area (Å²) in [5, 5.41) is 13.0. The van der Waals surface area contributed by atoms with E-state index in [1.165, 1.54) is 11.3 Å². The average Bonchev–Trinajstić information content (AvgIpc) is 3.13. The van der Waals surface area contributed by atoms with Gasteiger partial charge in [0.2, 0.25) is 11.0 Å². The van der Waals surface area contributed by atoms with E-state index in [4.69, 9.17) is 0 Å². The van der Waals surface area contributed by atoms with Crippen LogP contribution >= 0.6 is 11.3 Å². The number of anilines is 1. The molecule has 1 aromatic heterocycles. The van der Waals surface area contributed by atoms with Gasteiger partial charge in [0.1, 0.15) is 5.01 Å². The predicted octanol–water partition coefficient (Wildman–Crippen LogP) is 5.21. The normalized spacial score (nSPS) is 11.1. The molecule has 0 radical (unpaired) electrons. The van der Waals surface area contributed by atoms with Gasteiger partial charge in [0.25, 0.3) is 0 Å². The van der Waals surface area contributed by atoms with Crippen LogP contribution in [0.25, 0.3) is 0 Å². The van der Waals surface area contributed by atoms with E-state index in [0.29, 0.717) is 11.0 Å². The van der Waals surface area contributed by atoms with Crippen LogP contribution < -0.4 is 5.32 Å². The van der Waals surface area contributed by atoms with Gasteiger partial charge < -0.3 is 0 Å². The fraction of sp³-hybridized carbons (Fsp3) is 0.286. The largest absolute Gasteiger partial charge is 0.300 e. The van der Waals surface area contributed by atoms with Crippen LogP contribution in [0, 0.1) is 0 Å². The standard InChI is InChI=1S/C21H23N3OS/c1-3-15(4-2)20-23-24-21(26-20)22-19(25)18(16-11-7-5-8-12-16)17-13-9-6-10-14-17/h5-15,18H,3-4H2,1-2H3,(H,22,24,25). The Labute approximate surface area is 158 Å². The van der Waals surface area contributed by atoms with Crippen molar-refractivity contribution >= 4 is 22.4 Å². The highest BCUT2D eigenvalue weighted by Crippen LogP contribution is 2.30. The van der Waals surface area contributed by atoms with E-state index in [2.05, 4.69) is 29.4 Å². The number of amides is 1. The van der Waals surface area contributed by atoms with Crippen LogP contribution in [0.5, 0.6) is 0 Å². The van der Waals surface area contributed by atoms with Gasteiger partial charge >= 0.3 is 0 Å². The molecule has 5 heteroatoms. The minimum atomic E-state index is -0.377. The minimum Gasteiger partial charge on any atom is -0.300 e. The van der Waals surface area contributed by atoms with Crippen molar-refractivity contribution in [3.63, 3.8) is 0 Å². The second-order valence-corrected chi connectivity index (χ2v) is 7.21. The molecule has 0 aliphatic rings. The van der Waals surface area contributed by atoms with Crippen LogP contribution in [0.2, 0.25) is 0 Å². The Morgan fingerprint density at radius 1 is 0.923 bits per heavy atom. The number of hydrogen-bond donors (Lipinski definition) is 1. The summed E-state index contributed by atoms with van der Waals surface area (Å²) in [5.74, 6) is -0.0651. The number of carbonyl (C=O) groups is 1. The zero-order valence-corrected chi connectivity index (χ0v) is 15.9. The lowest BCUT2D eigenvalue weighted by atomic mass is 9.90. The molecule has 1 N–H and O–H groups in total. The van der Waals surface area contributed by atoms with E-state index >= 15 is 0 Å². The molecule has 134 valence electrons. The smallest absolute Gasteiger partial charge is 0.238 e. The van der Waals surface area contributed by atoms with Gasteiger partial charge in [-0.1, -0.05) is 85.8 Å². The highest BCUT2D eigenvalue weighted by atomic mass is 32.1. The van der Waals surface area contributed by atoms with Crippen molar-refractivity contribution < 1.29 is 4.79 Å². The van der Waals surface area contributed by atoms with Crippen LogP contribution in [0.4, 0.5) is 5.13 Å². The Hall–Kier alpha value is -2.53. The molecule has 0 bridgehead atoms. The molecule has 1 amide bonds. The van der Waals surface area contributed by atoms with Gasteiger partial charge in [0, 0.05) is 5.92 Å². The lowest BCUT2D eigenvalue weighted by Crippen LogP contribution is -2.22. The van der Waals surface area contributed by atoms with Crippen LogP contribution in [0.1, 0.15) is 54.7 Å². The maximum atomic E-state index is 13.1. The summed E-state index contributed by atoms with van der Waals surface area (Å²) in [4.78, 5) is 13.1. The fourth-order valence-corrected chi connectivity index (χ4v) is 4.06. The molecule has 0 saturated carbocycles. The first-order valence-corrected chi connectivity index (χ1v) is 9.78. The summed E-state index contributed by atoms with van der Waals surface area (Å²) in [6.45, 7) is 4.29. The minimum absolute atomic E-state index is 0.0883. The molecule has 0 aliphatic heterocycles. The topological polar surface area (TPSA) is 54.9 Å². The number of aromatic nitrogens is 2. The van der Waals surface area contributed by atoms with Crippen molar-refractivity contribution in [3.05, 3.63) is 76.8 Å². The average molecular weight is 366 g/mol. The lowest BCUT2D eigenvalue weighted by molar-refractivity contribution is -0.116. The van der Waals surface area contributed by atoms with Crippen LogP contribution in [-0.2, 0) is 4.79 Å². The first-order chi connectivity index (χ1) is 12.7. The number of benzene rings is 2. The maximum Gasteiger partial charge on any atom is 0.238 e. The number of carbonyl (C=O) groups excluding carboxylic acids is 1. The van der Waals surface area contributed by atoms with E-state index in [9.17, 15) is 4.79 Å². The zero-order chi connectivity index (χ0) is 18.4. The summed E-state index contributed by atoms with van der Waals surface area (Å²) in [7, 11) is 0. The maximum absolute atomic E-state index is 13.1. The first kappa shape index (κ1) is 18.3. The zero-order valence-electron chi connectivity index (χ0n) is 15.1. The van der Waals surface area contributed by atoms with Gasteiger partial charge in [-0.25, -0.2) is 0 Å². The monoisotopic (exact) mass is 365 g/mol. The van der Waals surface area contributed by atoms with Crippen LogP contribution in [-0.4, -0.2) is 16.1 Å². The van der Waals surface area contributed by atoms with Crippen molar-refractivity contribution in [3.8, 4) is 0 Å². The third-order valence-corrected chi connectivity index (χ3v) is 5.53. The summed E-state index contributed by atoms with van der Waals surface area (Å²) < 4.78 is 0. The van der Waals surface area contributed by atoms with Crippen molar-refractivity contribution in [2.75, 3.05) is 5.32 Å². The molecular formula is C21H23N3OS. The Balaban J connectivity index is 1.85. The molecule has 0 saturated heterocycles. The van der Waals surface area contributed by atoms with Crippen molar-refractivity contribution in [2.45, 2.75) is 38.5 Å². The second kappa shape index (κ2) is 8.72. The number of rotatable bonds is 7. The van der Waals surface area contributed by atoms with Gasteiger partial charge in [-0.3, -0.25) is 10.1 Å². The third kappa shape index (κ3) is 4.17. The quantitative estimate of drug-likeness (QED) is 0.625. The van der Waals surface area contributed by atoms with Gasteiger partial charge in [0.05, 0.1) is 5.92 Å². The number of nitrogens with one attached hydrogen (secondary N) is 1. The highest BCUT2D eigenvalue weighted by Gasteiger charge is 2.24. The van der Waals surface area contributed by atoms with Crippen molar-refractivity contribution in [1.29, 1.82) is 0 Å². The van der Waals surface area contributed by atoms with Crippen molar-refractivity contribution in [1.82, 2.24) is 10.2 Å². The van der Waals surface area contributed by atoms with E-state index in [-0.39, 0.29) is 11.8 Å². The van der Waals surface area contributed by atoms with E-state index in [1.54, 1.807) is 0 Å². The van der Waals surface area contributed by atoms with E-state index in [0.717, 1.165) is 29.0 Å². The molecule has 0 fully saturated rings. The lowest BCUT2D eigenvalue weighted by Gasteiger charge is -2.16. The fourth-order valence-electron chi connectivity index (χ4n) is 3.05. The Bertz CT molecular complexity index is 789. The Morgan fingerprint density at radius 3 is 1.96 bits per heavy atom. The van der Waals surface area contributed by atoms with Gasteiger partial charge in [-0.05, 0) is 24.0 Å². The molecule has 3 rings (SSSR count). The summed E-state index contributed by atoms with van der Waals surface area (Å²) in [6, 6.07) is 19.6. The van der Waals surface area contributed by atoms with E-state index in [1.807, 2.05) is 60.7 Å². The molecule has 0 atom stereocenters. The van der Waals surface area contributed by atoms with Crippen LogP contribution in [0.15, 0.2) is 60.7 Å². The SMILES string of the molecule is CCC(CC)c1nnc(NC(=O)C(c2ccccc2)c2ccccc2)s1. The summed E-state index contributed by atoms with van der Waals surface area (Å²) in [5.41, 5.74) is 1.92. The molecule has 1 heterocycles. The Kier molecular flexibility index (Phi) is 6.12. The molecular weight excluding hydrogens is 342 g/mol. The second-order valence-electron chi connectivity index (χ2n) is 6.20. The molecule has 3 aromatic rings. The molecule has 0 spiro atoms. The van der Waals surface area contributed by atoms with Crippen molar-refractivity contribution in [2.24, 2.45) is 0 Å². The molecule has 26 heavy (non-hydrogen) atoms. The molecule has 4 nitrogen and oxygen atoms in total. The Morgan fingerprint density at radius 2 is 1.46 bits per heavy atom. The molecule has 2 aromatic carbocycles. The van der Waals surface area contributed by atoms with Gasteiger partial charge in [-0.2, -0.15) is 0 Å². The van der Waals surface area contributed by atoms with Crippen LogP contribution in [0.3, 0.4) is 0 Å². The number of hydrogen-bond acceptors (Lipinski definition) is 4. The van der Waals surface area contributed by atoms with Gasteiger partial charge in [-0.15, -0.1) is 10.2 Å². The summed E-state index contributed by atoms with van der Waals surface area (Å²) >= 11 is 1.47. The van der Waals surface area contributed by atoms with Gasteiger partial charge in [0.15, 0.2) is 0 Å². The highest BCUT2D eigenvalue weighted by molar-refractivity contribution is 7.15. The predicted molar refractivity (Wildman–Crippen MR) is 107 cm³/mol. The third-order valence-electron chi connectivity index (χ3n) is 4.53.